The molecule has 4 nitrogen and oxygen atoms in total. The fourth-order valence-electron chi connectivity index (χ4n) is 1.85. The zero-order valence-corrected chi connectivity index (χ0v) is 10.7. The first-order valence-corrected chi connectivity index (χ1v) is 6.36. The van der Waals surface area contributed by atoms with Crippen LogP contribution in [0.4, 0.5) is 0 Å². The van der Waals surface area contributed by atoms with Crippen LogP contribution in [0.1, 0.15) is 37.8 Å². The van der Waals surface area contributed by atoms with Gasteiger partial charge in [0.25, 0.3) is 0 Å². The van der Waals surface area contributed by atoms with Gasteiger partial charge in [0.2, 0.25) is 0 Å². The number of aliphatic hydroxyl groups is 1. The Labute approximate surface area is 108 Å². The molecule has 0 amide bonds. The molecule has 0 bridgehead atoms. The molecule has 18 heavy (non-hydrogen) atoms. The average molecular weight is 251 g/mol. The molecule has 0 aliphatic heterocycles. The zero-order valence-electron chi connectivity index (χ0n) is 10.7. The van der Waals surface area contributed by atoms with Crippen molar-refractivity contribution in [2.45, 2.75) is 38.3 Å². The molecule has 4 heteroatoms. The number of aliphatic carboxylic acids is 1. The van der Waals surface area contributed by atoms with E-state index in [1.54, 1.807) is 0 Å². The zero-order chi connectivity index (χ0) is 13.4. The van der Waals surface area contributed by atoms with Crippen LogP contribution in [-0.4, -0.2) is 28.8 Å². The first-order chi connectivity index (χ1) is 8.66. The summed E-state index contributed by atoms with van der Waals surface area (Å²) in [5.41, 5.74) is 0.795. The van der Waals surface area contributed by atoms with Gasteiger partial charge in [-0.2, -0.15) is 0 Å². The van der Waals surface area contributed by atoms with E-state index in [0.717, 1.165) is 24.8 Å². The fourth-order valence-corrected chi connectivity index (χ4v) is 1.85. The predicted octanol–water partition coefficient (Wildman–Crippen LogP) is 1.95. The van der Waals surface area contributed by atoms with E-state index in [-0.39, 0.29) is 0 Å². The molecule has 0 radical (unpaired) electrons. The molecule has 1 unspecified atom stereocenters. The van der Waals surface area contributed by atoms with Crippen LogP contribution < -0.4 is 5.32 Å². The average Bonchev–Trinajstić information content (AvgIpc) is 2.39. The van der Waals surface area contributed by atoms with E-state index in [2.05, 4.69) is 12.2 Å². The van der Waals surface area contributed by atoms with Crippen molar-refractivity contribution in [2.24, 2.45) is 0 Å². The summed E-state index contributed by atoms with van der Waals surface area (Å²) in [5, 5.41) is 21.8. The Kier molecular flexibility index (Phi) is 6.39. The molecule has 1 aromatic rings. The van der Waals surface area contributed by atoms with Crippen molar-refractivity contribution in [3.8, 4) is 0 Å². The maximum absolute atomic E-state index is 10.9. The third kappa shape index (κ3) is 4.47. The Morgan fingerprint density at radius 3 is 2.50 bits per heavy atom. The van der Waals surface area contributed by atoms with E-state index in [1.165, 1.54) is 0 Å². The second kappa shape index (κ2) is 7.84. The van der Waals surface area contributed by atoms with Crippen LogP contribution in [0.5, 0.6) is 0 Å². The SMILES string of the molecule is CCCCCN[C@H](c1ccccc1)C(O)C(=O)O. The molecule has 0 aliphatic carbocycles. The van der Waals surface area contributed by atoms with Crippen molar-refractivity contribution in [3.05, 3.63) is 35.9 Å². The first kappa shape index (κ1) is 14.7. The smallest absolute Gasteiger partial charge is 0.334 e. The largest absolute Gasteiger partial charge is 0.479 e. The molecule has 0 aromatic heterocycles. The molecule has 0 spiro atoms. The lowest BCUT2D eigenvalue weighted by Gasteiger charge is -2.22. The van der Waals surface area contributed by atoms with Gasteiger partial charge in [-0.05, 0) is 18.5 Å². The van der Waals surface area contributed by atoms with Gasteiger partial charge < -0.3 is 15.5 Å². The predicted molar refractivity (Wildman–Crippen MR) is 70.4 cm³/mol. The number of hydrogen-bond donors (Lipinski definition) is 3. The summed E-state index contributed by atoms with van der Waals surface area (Å²) in [6.07, 6.45) is 1.76. The minimum atomic E-state index is -1.42. The monoisotopic (exact) mass is 251 g/mol. The molecular weight excluding hydrogens is 230 g/mol. The van der Waals surface area contributed by atoms with Gasteiger partial charge in [-0.15, -0.1) is 0 Å². The number of carboxylic acids is 1. The highest BCUT2D eigenvalue weighted by Gasteiger charge is 2.26. The Bertz CT molecular complexity index is 353. The van der Waals surface area contributed by atoms with Gasteiger partial charge in [0.05, 0.1) is 6.04 Å². The Morgan fingerprint density at radius 2 is 1.94 bits per heavy atom. The normalized spacial score (nSPS) is 14.1. The van der Waals surface area contributed by atoms with Crippen LogP contribution >= 0.6 is 0 Å². The fraction of sp³-hybridized carbons (Fsp3) is 0.500. The summed E-state index contributed by atoms with van der Waals surface area (Å²) in [6.45, 7) is 2.82. The lowest BCUT2D eigenvalue weighted by atomic mass is 10.0. The van der Waals surface area contributed by atoms with Crippen molar-refractivity contribution >= 4 is 5.97 Å². The minimum absolute atomic E-state index is 0.555. The van der Waals surface area contributed by atoms with E-state index in [9.17, 15) is 9.90 Å². The van der Waals surface area contributed by atoms with E-state index >= 15 is 0 Å². The number of carbonyl (C=O) groups is 1. The van der Waals surface area contributed by atoms with Crippen LogP contribution in [0, 0.1) is 0 Å². The van der Waals surface area contributed by atoms with Crippen LogP contribution in [-0.2, 0) is 4.79 Å². The number of nitrogens with one attached hydrogen (secondary N) is 1. The molecule has 0 saturated heterocycles. The number of unbranched alkanes of at least 4 members (excludes halogenated alkanes) is 2. The molecule has 0 aliphatic rings. The van der Waals surface area contributed by atoms with E-state index in [4.69, 9.17) is 5.11 Å². The minimum Gasteiger partial charge on any atom is -0.479 e. The third-order valence-electron chi connectivity index (χ3n) is 2.87. The Morgan fingerprint density at radius 1 is 1.28 bits per heavy atom. The molecule has 0 fully saturated rings. The summed E-state index contributed by atoms with van der Waals surface area (Å²) in [6, 6.07) is 8.63. The van der Waals surface area contributed by atoms with E-state index in [1.807, 2.05) is 30.3 Å². The van der Waals surface area contributed by atoms with E-state index < -0.39 is 18.1 Å². The van der Waals surface area contributed by atoms with E-state index in [0.29, 0.717) is 6.54 Å². The van der Waals surface area contributed by atoms with Crippen molar-refractivity contribution in [1.82, 2.24) is 5.32 Å². The van der Waals surface area contributed by atoms with Crippen LogP contribution in [0.25, 0.3) is 0 Å². The molecule has 1 aromatic carbocycles. The summed E-state index contributed by atoms with van der Waals surface area (Å²) < 4.78 is 0. The quantitative estimate of drug-likeness (QED) is 0.618. The van der Waals surface area contributed by atoms with Gasteiger partial charge >= 0.3 is 5.97 Å². The molecule has 3 N–H and O–H groups in total. The number of hydrogen-bond acceptors (Lipinski definition) is 3. The third-order valence-corrected chi connectivity index (χ3v) is 2.87. The van der Waals surface area contributed by atoms with Gasteiger partial charge in [0.1, 0.15) is 0 Å². The van der Waals surface area contributed by atoms with Gasteiger partial charge in [0.15, 0.2) is 6.10 Å². The molecule has 2 atom stereocenters. The van der Waals surface area contributed by atoms with Gasteiger partial charge in [-0.1, -0.05) is 50.1 Å². The second-order valence-electron chi connectivity index (χ2n) is 4.33. The maximum Gasteiger partial charge on any atom is 0.334 e. The molecular formula is C14H21NO3. The Balaban J connectivity index is 2.67. The lowest BCUT2D eigenvalue weighted by molar-refractivity contribution is -0.148. The topological polar surface area (TPSA) is 69.6 Å². The highest BCUT2D eigenvalue weighted by Crippen LogP contribution is 2.17. The summed E-state index contributed by atoms with van der Waals surface area (Å²) in [4.78, 5) is 10.9. The summed E-state index contributed by atoms with van der Waals surface area (Å²) in [7, 11) is 0. The lowest BCUT2D eigenvalue weighted by Crippen LogP contribution is -2.37. The maximum atomic E-state index is 10.9. The van der Waals surface area contributed by atoms with Crippen LogP contribution in [0.3, 0.4) is 0 Å². The molecule has 100 valence electrons. The molecule has 1 rings (SSSR count). The van der Waals surface area contributed by atoms with Gasteiger partial charge in [-0.3, -0.25) is 0 Å². The van der Waals surface area contributed by atoms with Crippen molar-refractivity contribution in [3.63, 3.8) is 0 Å². The first-order valence-electron chi connectivity index (χ1n) is 6.36. The number of carboxylic acid groups (broad SMARTS) is 1. The van der Waals surface area contributed by atoms with Crippen molar-refractivity contribution < 1.29 is 15.0 Å². The van der Waals surface area contributed by atoms with Gasteiger partial charge in [-0.25, -0.2) is 4.79 Å². The molecule has 0 saturated carbocycles. The molecule has 0 heterocycles. The summed E-state index contributed by atoms with van der Waals surface area (Å²) >= 11 is 0. The van der Waals surface area contributed by atoms with Gasteiger partial charge in [0, 0.05) is 0 Å². The van der Waals surface area contributed by atoms with Crippen LogP contribution in [0.2, 0.25) is 0 Å². The highest BCUT2D eigenvalue weighted by molar-refractivity contribution is 5.73. The highest BCUT2D eigenvalue weighted by atomic mass is 16.4. The Hall–Kier alpha value is -1.39. The van der Waals surface area contributed by atoms with Crippen molar-refractivity contribution in [1.29, 1.82) is 0 Å². The standard InChI is InChI=1S/C14H21NO3/c1-2-3-7-10-15-12(13(16)14(17)18)11-8-5-4-6-9-11/h4-6,8-9,12-13,15-16H,2-3,7,10H2,1H3,(H,17,18)/t12-,13?/m1/s1. The summed E-state index contributed by atoms with van der Waals surface area (Å²) in [5.74, 6) is -1.20. The van der Waals surface area contributed by atoms with Crippen molar-refractivity contribution in [2.75, 3.05) is 6.54 Å². The number of aliphatic hydroxyl groups excluding tert-OH is 1. The van der Waals surface area contributed by atoms with Crippen LogP contribution in [0.15, 0.2) is 30.3 Å². The number of benzene rings is 1. The second-order valence-corrected chi connectivity index (χ2v) is 4.33. The number of rotatable bonds is 8.